The van der Waals surface area contributed by atoms with Crippen LogP contribution < -0.4 is 10.5 Å². The number of nitrogens with zero attached hydrogens (tertiary/aromatic N) is 5. The molecule has 7 nitrogen and oxygen atoms in total. The summed E-state index contributed by atoms with van der Waals surface area (Å²) in [5, 5.41) is 0.906. The van der Waals surface area contributed by atoms with Gasteiger partial charge in [0.25, 0.3) is 0 Å². The molecule has 0 amide bonds. The monoisotopic (exact) mass is 429 g/mol. The molecule has 6 rings (SSSR count). The van der Waals surface area contributed by atoms with E-state index in [0.29, 0.717) is 16.8 Å². The molecule has 0 spiro atoms. The third kappa shape index (κ3) is 3.11. The zero-order valence-electron chi connectivity index (χ0n) is 18.7. The number of anilines is 1. The summed E-state index contributed by atoms with van der Waals surface area (Å²) < 4.78 is 7.69. The van der Waals surface area contributed by atoms with Gasteiger partial charge in [0.15, 0.2) is 5.65 Å². The van der Waals surface area contributed by atoms with Gasteiger partial charge in [-0.2, -0.15) is 0 Å². The van der Waals surface area contributed by atoms with E-state index in [4.69, 9.17) is 4.42 Å². The van der Waals surface area contributed by atoms with E-state index >= 15 is 0 Å². The second-order valence-electron chi connectivity index (χ2n) is 9.27. The first-order chi connectivity index (χ1) is 15.5. The maximum atomic E-state index is 12.9. The van der Waals surface area contributed by atoms with Crippen LogP contribution in [0.25, 0.3) is 27.9 Å². The summed E-state index contributed by atoms with van der Waals surface area (Å²) in [6.07, 6.45) is 3.78. The molecule has 2 aliphatic heterocycles. The Morgan fingerprint density at radius 2 is 1.81 bits per heavy atom. The first kappa shape index (κ1) is 19.5. The van der Waals surface area contributed by atoms with Gasteiger partial charge in [0.1, 0.15) is 5.58 Å². The van der Waals surface area contributed by atoms with Crippen molar-refractivity contribution in [1.29, 1.82) is 0 Å². The largest absolute Gasteiger partial charge is 0.422 e. The van der Waals surface area contributed by atoms with Crippen LogP contribution in [0.5, 0.6) is 0 Å². The fraction of sp³-hybridized carbons (Fsp3) is 0.400. The Balaban J connectivity index is 1.33. The van der Waals surface area contributed by atoms with Gasteiger partial charge in [-0.25, -0.2) is 9.78 Å². The lowest BCUT2D eigenvalue weighted by Gasteiger charge is -2.22. The Labute approximate surface area is 186 Å². The predicted octanol–water partition coefficient (Wildman–Crippen LogP) is 3.51. The zero-order chi connectivity index (χ0) is 22.0. The lowest BCUT2D eigenvalue weighted by molar-refractivity contribution is 0.334. The molecule has 0 bridgehead atoms. The molecule has 2 saturated heterocycles. The average Bonchev–Trinajstić information content (AvgIpc) is 3.45. The minimum absolute atomic E-state index is 0.364. The van der Waals surface area contributed by atoms with E-state index in [-0.39, 0.29) is 5.63 Å². The maximum absolute atomic E-state index is 12.9. The summed E-state index contributed by atoms with van der Waals surface area (Å²) in [5.74, 6) is 1.47. The standard InChI is InChI=1S/C25H27N5O2/c1-4-28-10-18-12-29(13-19(18)11-28)20-6-5-17-7-21(25(31)32-23(17)8-20)22-14-30-9-15(2)26-16(3)24(30)27-22/h5-9,14,18-19H,4,10-13H2,1-3H3/t18-,19?/m1/s1. The minimum atomic E-state index is -0.364. The summed E-state index contributed by atoms with van der Waals surface area (Å²) in [5.41, 5.74) is 4.97. The van der Waals surface area contributed by atoms with Crippen LogP contribution in [0.3, 0.4) is 0 Å². The van der Waals surface area contributed by atoms with Crippen LogP contribution in [0.1, 0.15) is 18.3 Å². The summed E-state index contributed by atoms with van der Waals surface area (Å²) in [6.45, 7) is 11.8. The van der Waals surface area contributed by atoms with Crippen molar-refractivity contribution in [3.8, 4) is 11.3 Å². The number of aryl methyl sites for hydroxylation is 2. The topological polar surface area (TPSA) is 66.9 Å². The lowest BCUT2D eigenvalue weighted by Crippen LogP contribution is -2.28. The number of rotatable bonds is 3. The molecule has 32 heavy (non-hydrogen) atoms. The summed E-state index contributed by atoms with van der Waals surface area (Å²) in [4.78, 5) is 27.0. The normalized spacial score (nSPS) is 21.2. The molecule has 7 heteroatoms. The summed E-state index contributed by atoms with van der Waals surface area (Å²) >= 11 is 0. The van der Waals surface area contributed by atoms with Crippen molar-refractivity contribution in [3.63, 3.8) is 0 Å². The van der Waals surface area contributed by atoms with Crippen LogP contribution in [-0.2, 0) is 0 Å². The molecular weight excluding hydrogens is 402 g/mol. The molecule has 164 valence electrons. The van der Waals surface area contributed by atoms with Crippen LogP contribution in [0.15, 0.2) is 45.9 Å². The van der Waals surface area contributed by atoms with Gasteiger partial charge in [-0.1, -0.05) is 6.92 Å². The molecule has 1 unspecified atom stereocenters. The van der Waals surface area contributed by atoms with Gasteiger partial charge >= 0.3 is 5.63 Å². The number of benzene rings is 1. The molecule has 5 heterocycles. The molecule has 0 N–H and O–H groups in total. The predicted molar refractivity (Wildman–Crippen MR) is 125 cm³/mol. The van der Waals surface area contributed by atoms with Crippen LogP contribution in [0, 0.1) is 25.7 Å². The van der Waals surface area contributed by atoms with E-state index in [1.54, 1.807) is 0 Å². The summed E-state index contributed by atoms with van der Waals surface area (Å²) in [6, 6.07) is 8.10. The Bertz CT molecular complexity index is 1390. The highest BCUT2D eigenvalue weighted by Gasteiger charge is 2.39. The van der Waals surface area contributed by atoms with Crippen molar-refractivity contribution in [1.82, 2.24) is 19.3 Å². The van der Waals surface area contributed by atoms with Crippen molar-refractivity contribution in [2.24, 2.45) is 11.8 Å². The quantitative estimate of drug-likeness (QED) is 0.465. The SMILES string of the molecule is CCN1CC2CN(c3ccc4cc(-c5cn6cc(C)nc(C)c6n5)c(=O)oc4c3)C[C@H]2C1. The van der Waals surface area contributed by atoms with Gasteiger partial charge < -0.3 is 18.6 Å². The van der Waals surface area contributed by atoms with Crippen molar-refractivity contribution in [2.45, 2.75) is 20.8 Å². The highest BCUT2D eigenvalue weighted by molar-refractivity contribution is 5.84. The van der Waals surface area contributed by atoms with Crippen molar-refractivity contribution < 1.29 is 4.42 Å². The second-order valence-corrected chi connectivity index (χ2v) is 9.27. The second kappa shape index (κ2) is 7.17. The number of hydrogen-bond acceptors (Lipinski definition) is 6. The molecule has 0 radical (unpaired) electrons. The van der Waals surface area contributed by atoms with E-state index in [1.165, 1.54) is 13.1 Å². The van der Waals surface area contributed by atoms with E-state index in [1.807, 2.05) is 42.8 Å². The number of hydrogen-bond donors (Lipinski definition) is 0. The fourth-order valence-corrected chi connectivity index (χ4v) is 5.47. The van der Waals surface area contributed by atoms with Gasteiger partial charge in [0.2, 0.25) is 0 Å². The molecule has 3 aromatic heterocycles. The van der Waals surface area contributed by atoms with E-state index < -0.39 is 0 Å². The van der Waals surface area contributed by atoms with Gasteiger partial charge in [-0.05, 0) is 50.4 Å². The van der Waals surface area contributed by atoms with Gasteiger partial charge in [-0.15, -0.1) is 0 Å². The van der Waals surface area contributed by atoms with Gasteiger partial charge in [0.05, 0.1) is 22.6 Å². The van der Waals surface area contributed by atoms with E-state index in [9.17, 15) is 4.79 Å². The number of imidazole rings is 1. The molecule has 2 aliphatic rings. The Morgan fingerprint density at radius 1 is 1.03 bits per heavy atom. The molecule has 2 fully saturated rings. The summed E-state index contributed by atoms with van der Waals surface area (Å²) in [7, 11) is 0. The lowest BCUT2D eigenvalue weighted by atomic mass is 10.0. The molecule has 0 saturated carbocycles. The molecular formula is C25H27N5O2. The first-order valence-corrected chi connectivity index (χ1v) is 11.4. The van der Waals surface area contributed by atoms with Gasteiger partial charge in [-0.3, -0.25) is 4.98 Å². The maximum Gasteiger partial charge on any atom is 0.345 e. The Kier molecular flexibility index (Phi) is 4.37. The Morgan fingerprint density at radius 3 is 2.56 bits per heavy atom. The average molecular weight is 430 g/mol. The molecule has 0 aliphatic carbocycles. The van der Waals surface area contributed by atoms with Crippen molar-refractivity contribution in [2.75, 3.05) is 37.6 Å². The van der Waals surface area contributed by atoms with Crippen LogP contribution in [0.2, 0.25) is 0 Å². The van der Waals surface area contributed by atoms with E-state index in [2.05, 4.69) is 38.8 Å². The van der Waals surface area contributed by atoms with Crippen LogP contribution in [-0.4, -0.2) is 52.0 Å². The van der Waals surface area contributed by atoms with Crippen molar-refractivity contribution in [3.05, 3.63) is 58.5 Å². The van der Waals surface area contributed by atoms with Crippen LogP contribution in [0.4, 0.5) is 5.69 Å². The smallest absolute Gasteiger partial charge is 0.345 e. The van der Waals surface area contributed by atoms with Gasteiger partial charge in [0, 0.05) is 55.7 Å². The number of fused-ring (bicyclic) bond motifs is 3. The third-order valence-electron chi connectivity index (χ3n) is 7.10. The first-order valence-electron chi connectivity index (χ1n) is 11.4. The van der Waals surface area contributed by atoms with Crippen molar-refractivity contribution >= 4 is 22.3 Å². The highest BCUT2D eigenvalue weighted by Crippen LogP contribution is 2.35. The number of likely N-dealkylation sites (tertiary alicyclic amines) is 1. The number of aromatic nitrogens is 3. The highest BCUT2D eigenvalue weighted by atomic mass is 16.4. The molecule has 4 aromatic rings. The van der Waals surface area contributed by atoms with Crippen LogP contribution >= 0.6 is 0 Å². The fourth-order valence-electron chi connectivity index (χ4n) is 5.47. The molecule has 1 aromatic carbocycles. The Hall–Kier alpha value is -3.19. The minimum Gasteiger partial charge on any atom is -0.422 e. The zero-order valence-corrected chi connectivity index (χ0v) is 18.7. The molecule has 2 atom stereocenters. The third-order valence-corrected chi connectivity index (χ3v) is 7.10. The van der Waals surface area contributed by atoms with E-state index in [0.717, 1.165) is 59.6 Å².